The number of fused-ring (bicyclic) bond motifs is 1. The van der Waals surface area contributed by atoms with Gasteiger partial charge in [0.05, 0.1) is 28.5 Å². The fourth-order valence-electron chi connectivity index (χ4n) is 2.23. The van der Waals surface area contributed by atoms with E-state index in [0.29, 0.717) is 17.0 Å². The van der Waals surface area contributed by atoms with E-state index in [9.17, 15) is 4.39 Å². The Hall–Kier alpha value is -2.69. The maximum absolute atomic E-state index is 13.6. The lowest BCUT2D eigenvalue weighted by atomic mass is 10.1. The summed E-state index contributed by atoms with van der Waals surface area (Å²) >= 11 is 0. The topological polar surface area (TPSA) is 47.0 Å². The molecule has 4 nitrogen and oxygen atoms in total. The van der Waals surface area contributed by atoms with E-state index >= 15 is 0 Å². The van der Waals surface area contributed by atoms with Crippen molar-refractivity contribution in [2.45, 2.75) is 0 Å². The summed E-state index contributed by atoms with van der Waals surface area (Å²) in [6.45, 7) is 0. The van der Waals surface area contributed by atoms with E-state index < -0.39 is 0 Å². The Morgan fingerprint density at radius 2 is 1.95 bits per heavy atom. The van der Waals surface area contributed by atoms with E-state index in [-0.39, 0.29) is 5.82 Å². The highest BCUT2D eigenvalue weighted by Crippen LogP contribution is 2.42. The van der Waals surface area contributed by atoms with Crippen molar-refractivity contribution in [2.24, 2.45) is 0 Å². The van der Waals surface area contributed by atoms with Gasteiger partial charge in [0.2, 0.25) is 0 Å². The molecule has 4 rings (SSSR count). The molecule has 0 spiro atoms. The lowest BCUT2D eigenvalue weighted by Crippen LogP contribution is -1.91. The second kappa shape index (κ2) is 3.65. The van der Waals surface area contributed by atoms with Crippen LogP contribution in [0.3, 0.4) is 0 Å². The second-order valence-electron chi connectivity index (χ2n) is 4.26. The Morgan fingerprint density at radius 3 is 2.89 bits per heavy atom. The molecule has 92 valence electrons. The fourth-order valence-corrected chi connectivity index (χ4v) is 2.23. The molecule has 0 unspecified atom stereocenters. The average Bonchev–Trinajstić information content (AvgIpc) is 2.55. The Bertz CT molecular complexity index is 804. The number of anilines is 2. The summed E-state index contributed by atoms with van der Waals surface area (Å²) in [6, 6.07) is 6.39. The van der Waals surface area contributed by atoms with Gasteiger partial charge < -0.3 is 10.1 Å². The predicted molar refractivity (Wildman–Crippen MR) is 69.3 cm³/mol. The number of benzene rings is 1. The zero-order valence-electron chi connectivity index (χ0n) is 9.72. The zero-order valence-corrected chi connectivity index (χ0v) is 9.72. The maximum atomic E-state index is 13.6. The van der Waals surface area contributed by atoms with Crippen LogP contribution in [0.25, 0.3) is 10.9 Å². The number of aromatic nitrogens is 2. The summed E-state index contributed by atoms with van der Waals surface area (Å²) in [5, 5.41) is 4.02. The molecule has 0 radical (unpaired) electrons. The third kappa shape index (κ3) is 1.52. The van der Waals surface area contributed by atoms with E-state index in [0.717, 1.165) is 16.8 Å². The molecular formula is C14H8FN3O. The number of hydrogen-bond donors (Lipinski definition) is 1. The molecule has 0 bridgehead atoms. The van der Waals surface area contributed by atoms with Crippen molar-refractivity contribution in [3.05, 3.63) is 48.7 Å². The molecule has 19 heavy (non-hydrogen) atoms. The summed E-state index contributed by atoms with van der Waals surface area (Å²) in [5.41, 5.74) is 2.19. The Balaban J connectivity index is 2.09. The van der Waals surface area contributed by atoms with Crippen molar-refractivity contribution < 1.29 is 9.13 Å². The summed E-state index contributed by atoms with van der Waals surface area (Å²) < 4.78 is 19.3. The van der Waals surface area contributed by atoms with Gasteiger partial charge in [-0.05, 0) is 12.1 Å². The van der Waals surface area contributed by atoms with Gasteiger partial charge in [-0.25, -0.2) is 4.39 Å². The van der Waals surface area contributed by atoms with E-state index in [4.69, 9.17) is 4.74 Å². The summed E-state index contributed by atoms with van der Waals surface area (Å²) in [4.78, 5) is 8.19. The average molecular weight is 253 g/mol. The number of nitrogens with one attached hydrogen (secondary N) is 1. The van der Waals surface area contributed by atoms with Gasteiger partial charge in [0.15, 0.2) is 5.75 Å². The quantitative estimate of drug-likeness (QED) is 0.520. The van der Waals surface area contributed by atoms with Gasteiger partial charge in [-0.3, -0.25) is 9.97 Å². The van der Waals surface area contributed by atoms with Crippen LogP contribution in [0.4, 0.5) is 15.8 Å². The minimum absolute atomic E-state index is 0.375. The van der Waals surface area contributed by atoms with Gasteiger partial charge >= 0.3 is 0 Å². The third-order valence-electron chi connectivity index (χ3n) is 3.04. The molecule has 2 aromatic heterocycles. The molecule has 1 aliphatic heterocycles. The van der Waals surface area contributed by atoms with E-state index in [1.807, 2.05) is 12.1 Å². The van der Waals surface area contributed by atoms with Crippen LogP contribution in [-0.2, 0) is 0 Å². The molecule has 3 aromatic rings. The van der Waals surface area contributed by atoms with Crippen LogP contribution < -0.4 is 10.1 Å². The van der Waals surface area contributed by atoms with E-state index in [1.54, 1.807) is 18.6 Å². The van der Waals surface area contributed by atoms with E-state index in [1.165, 1.54) is 12.1 Å². The van der Waals surface area contributed by atoms with Crippen molar-refractivity contribution in [3.8, 4) is 11.5 Å². The van der Waals surface area contributed by atoms with Gasteiger partial charge in [-0.1, -0.05) is 0 Å². The minimum atomic E-state index is -0.375. The standard InChI is InChI=1S/C14H8FN3O/c15-8-5-11-14-10(2-4-17-11)18-9-1-3-16-7-13(9)19-12(14)6-8/h1-7,18H. The highest BCUT2D eigenvalue weighted by molar-refractivity contribution is 5.99. The molecule has 1 aromatic carbocycles. The Kier molecular flexibility index (Phi) is 1.97. The van der Waals surface area contributed by atoms with Crippen LogP contribution in [0, 0.1) is 5.82 Å². The number of halogens is 1. The number of nitrogens with zero attached hydrogens (tertiary/aromatic N) is 2. The van der Waals surface area contributed by atoms with Gasteiger partial charge in [0.25, 0.3) is 0 Å². The van der Waals surface area contributed by atoms with Crippen molar-refractivity contribution >= 4 is 22.3 Å². The second-order valence-corrected chi connectivity index (χ2v) is 4.26. The lowest BCUT2D eigenvalue weighted by Gasteiger charge is -2.07. The van der Waals surface area contributed by atoms with Crippen molar-refractivity contribution in [2.75, 3.05) is 5.32 Å². The highest BCUT2D eigenvalue weighted by Gasteiger charge is 2.18. The fraction of sp³-hybridized carbons (Fsp3) is 0. The molecule has 5 heteroatoms. The summed E-state index contributed by atoms with van der Waals surface area (Å²) in [6.07, 6.45) is 4.91. The van der Waals surface area contributed by atoms with Crippen LogP contribution in [0.2, 0.25) is 0 Å². The molecule has 0 amide bonds. The highest BCUT2D eigenvalue weighted by atomic mass is 19.1. The molecule has 0 atom stereocenters. The largest absolute Gasteiger partial charge is 0.453 e. The summed E-state index contributed by atoms with van der Waals surface area (Å²) in [7, 11) is 0. The molecule has 0 aliphatic carbocycles. The number of pyridine rings is 2. The summed E-state index contributed by atoms with van der Waals surface area (Å²) in [5.74, 6) is 0.627. The normalized spacial score (nSPS) is 12.3. The SMILES string of the molecule is Fc1cc2c3c(ccnc3c1)Nc1ccncc1O2. The predicted octanol–water partition coefficient (Wildman–Crippen LogP) is 3.62. The van der Waals surface area contributed by atoms with Crippen LogP contribution >= 0.6 is 0 Å². The molecule has 1 N–H and O–H groups in total. The van der Waals surface area contributed by atoms with Crippen LogP contribution in [0.1, 0.15) is 0 Å². The van der Waals surface area contributed by atoms with Gasteiger partial charge in [0.1, 0.15) is 11.6 Å². The van der Waals surface area contributed by atoms with Crippen molar-refractivity contribution in [3.63, 3.8) is 0 Å². The molecule has 0 saturated heterocycles. The monoisotopic (exact) mass is 253 g/mol. The third-order valence-corrected chi connectivity index (χ3v) is 3.04. The lowest BCUT2D eigenvalue weighted by molar-refractivity contribution is 0.484. The van der Waals surface area contributed by atoms with Crippen LogP contribution in [0.5, 0.6) is 11.5 Å². The zero-order chi connectivity index (χ0) is 12.8. The number of rotatable bonds is 0. The molecule has 3 heterocycles. The molecule has 0 fully saturated rings. The molecule has 1 aliphatic rings. The Labute approximate surface area is 107 Å². The van der Waals surface area contributed by atoms with Gasteiger partial charge in [-0.15, -0.1) is 0 Å². The first kappa shape index (κ1) is 10.3. The number of hydrogen-bond acceptors (Lipinski definition) is 4. The van der Waals surface area contributed by atoms with E-state index in [2.05, 4.69) is 15.3 Å². The molecular weight excluding hydrogens is 245 g/mol. The Morgan fingerprint density at radius 1 is 1.05 bits per heavy atom. The van der Waals surface area contributed by atoms with Crippen LogP contribution in [0.15, 0.2) is 42.9 Å². The smallest absolute Gasteiger partial charge is 0.169 e. The minimum Gasteiger partial charge on any atom is -0.453 e. The van der Waals surface area contributed by atoms with Crippen molar-refractivity contribution in [1.29, 1.82) is 0 Å². The first-order chi connectivity index (χ1) is 9.31. The first-order valence-electron chi connectivity index (χ1n) is 5.78. The van der Waals surface area contributed by atoms with Crippen molar-refractivity contribution in [1.82, 2.24) is 9.97 Å². The van der Waals surface area contributed by atoms with Gasteiger partial charge in [0, 0.05) is 24.5 Å². The van der Waals surface area contributed by atoms with Crippen LogP contribution in [-0.4, -0.2) is 9.97 Å². The van der Waals surface area contributed by atoms with Gasteiger partial charge in [-0.2, -0.15) is 0 Å². The molecule has 0 saturated carbocycles. The maximum Gasteiger partial charge on any atom is 0.169 e. The first-order valence-corrected chi connectivity index (χ1v) is 5.78. The number of ether oxygens (including phenoxy) is 1.